The first-order chi connectivity index (χ1) is 11.6. The number of unbranched alkanes of at least 4 members (excludes halogenated alkanes) is 9. The van der Waals surface area contributed by atoms with Crippen molar-refractivity contribution in [3.05, 3.63) is 35.9 Å². The van der Waals surface area contributed by atoms with Gasteiger partial charge in [0.15, 0.2) is 6.73 Å². The highest BCUT2D eigenvalue weighted by molar-refractivity contribution is 5.13. The predicted molar refractivity (Wildman–Crippen MR) is 105 cm³/mol. The first-order valence-electron chi connectivity index (χ1n) is 10.1. The van der Waals surface area contributed by atoms with Gasteiger partial charge < -0.3 is 21.6 Å². The van der Waals surface area contributed by atoms with Crippen LogP contribution in [-0.2, 0) is 11.3 Å². The molecule has 1 aromatic carbocycles. The molecular formula is C22H40ClNO. The van der Waals surface area contributed by atoms with Crippen LogP contribution in [0.1, 0.15) is 76.7 Å². The zero-order chi connectivity index (χ0) is 17.5. The summed E-state index contributed by atoms with van der Waals surface area (Å²) in [5, 5.41) is 0. The van der Waals surface area contributed by atoms with Crippen LogP contribution >= 0.6 is 0 Å². The molecule has 0 aromatic heterocycles. The third-order valence-corrected chi connectivity index (χ3v) is 4.67. The Labute approximate surface area is 163 Å². The van der Waals surface area contributed by atoms with E-state index < -0.39 is 0 Å². The van der Waals surface area contributed by atoms with E-state index in [0.717, 1.165) is 17.8 Å². The summed E-state index contributed by atoms with van der Waals surface area (Å²) in [7, 11) is 4.55. The van der Waals surface area contributed by atoms with Crippen LogP contribution in [0.2, 0.25) is 0 Å². The van der Waals surface area contributed by atoms with E-state index in [0.29, 0.717) is 0 Å². The van der Waals surface area contributed by atoms with E-state index in [1.807, 2.05) is 0 Å². The fourth-order valence-corrected chi connectivity index (χ4v) is 3.08. The zero-order valence-electron chi connectivity index (χ0n) is 16.8. The smallest absolute Gasteiger partial charge is 0.183 e. The summed E-state index contributed by atoms with van der Waals surface area (Å²) in [4.78, 5) is 0. The van der Waals surface area contributed by atoms with Gasteiger partial charge in [-0.25, -0.2) is 0 Å². The summed E-state index contributed by atoms with van der Waals surface area (Å²) < 4.78 is 6.86. The maximum absolute atomic E-state index is 5.90. The van der Waals surface area contributed by atoms with Gasteiger partial charge in [0.1, 0.15) is 0 Å². The molecule has 0 N–H and O–H groups in total. The van der Waals surface area contributed by atoms with E-state index in [4.69, 9.17) is 4.74 Å². The molecule has 0 saturated heterocycles. The summed E-state index contributed by atoms with van der Waals surface area (Å²) in [5.74, 6) is 0. The van der Waals surface area contributed by atoms with Crippen molar-refractivity contribution in [2.24, 2.45) is 0 Å². The summed E-state index contributed by atoms with van der Waals surface area (Å²) >= 11 is 0. The van der Waals surface area contributed by atoms with Gasteiger partial charge in [0.2, 0.25) is 0 Å². The van der Waals surface area contributed by atoms with Gasteiger partial charge in [-0.3, -0.25) is 0 Å². The summed E-state index contributed by atoms with van der Waals surface area (Å²) in [6, 6.07) is 10.4. The minimum absolute atomic E-state index is 0. The van der Waals surface area contributed by atoms with Crippen molar-refractivity contribution < 1.29 is 21.6 Å². The van der Waals surface area contributed by atoms with Gasteiger partial charge in [0, 0.05) is 0 Å². The second kappa shape index (κ2) is 15.7. The molecule has 0 atom stereocenters. The Morgan fingerprint density at radius 2 is 1.28 bits per heavy atom. The quantitative estimate of drug-likeness (QED) is 0.262. The van der Waals surface area contributed by atoms with Crippen LogP contribution in [0.5, 0.6) is 0 Å². The van der Waals surface area contributed by atoms with Crippen molar-refractivity contribution in [2.45, 2.75) is 77.7 Å². The fourth-order valence-electron chi connectivity index (χ4n) is 3.08. The average molecular weight is 370 g/mol. The largest absolute Gasteiger partial charge is 1.00 e. The van der Waals surface area contributed by atoms with Gasteiger partial charge >= 0.3 is 0 Å². The lowest BCUT2D eigenvalue weighted by molar-refractivity contribution is -0.910. The van der Waals surface area contributed by atoms with E-state index in [-0.39, 0.29) is 12.4 Å². The van der Waals surface area contributed by atoms with Gasteiger partial charge in [-0.15, -0.1) is 0 Å². The molecule has 2 nitrogen and oxygen atoms in total. The highest BCUT2D eigenvalue weighted by Crippen LogP contribution is 2.12. The first kappa shape index (κ1) is 24.4. The van der Waals surface area contributed by atoms with Gasteiger partial charge in [-0.2, -0.15) is 0 Å². The number of quaternary nitrogens is 1. The molecule has 0 aliphatic carbocycles. The Morgan fingerprint density at radius 1 is 0.760 bits per heavy atom. The van der Waals surface area contributed by atoms with Crippen LogP contribution in [0.4, 0.5) is 0 Å². The summed E-state index contributed by atoms with van der Waals surface area (Å²) in [5.41, 5.74) is 1.26. The SMILES string of the molecule is CCCCCCCCCCCC[N+](C)(C)COCc1ccccc1.[Cl-]. The van der Waals surface area contributed by atoms with Crippen LogP contribution in [0.15, 0.2) is 30.3 Å². The molecule has 3 heteroatoms. The molecule has 0 fully saturated rings. The standard InChI is InChI=1S/C22H40NO.ClH/c1-4-5-6-7-8-9-10-11-12-16-19-23(2,3)21-24-20-22-17-14-13-15-18-22;/h13-15,17-18H,4-12,16,19-21H2,1-3H3;1H/q+1;/p-1. The lowest BCUT2D eigenvalue weighted by Crippen LogP contribution is -3.00. The third kappa shape index (κ3) is 14.3. The molecule has 0 bridgehead atoms. The van der Waals surface area contributed by atoms with E-state index >= 15 is 0 Å². The maximum Gasteiger partial charge on any atom is 0.183 e. The Bertz CT molecular complexity index is 394. The summed E-state index contributed by atoms with van der Waals surface area (Å²) in [6.45, 7) is 5.02. The predicted octanol–water partition coefficient (Wildman–Crippen LogP) is 3.16. The number of hydrogen-bond acceptors (Lipinski definition) is 1. The van der Waals surface area contributed by atoms with E-state index in [2.05, 4.69) is 51.4 Å². The average Bonchev–Trinajstić information content (AvgIpc) is 2.57. The lowest BCUT2D eigenvalue weighted by atomic mass is 10.1. The molecule has 1 aromatic rings. The van der Waals surface area contributed by atoms with Crippen LogP contribution in [-0.4, -0.2) is 31.9 Å². The summed E-state index contributed by atoms with van der Waals surface area (Å²) in [6.07, 6.45) is 14.0. The second-order valence-electron chi connectivity index (χ2n) is 7.80. The first-order valence-corrected chi connectivity index (χ1v) is 10.1. The number of benzene rings is 1. The Morgan fingerprint density at radius 3 is 1.84 bits per heavy atom. The highest BCUT2D eigenvalue weighted by Gasteiger charge is 2.14. The minimum Gasteiger partial charge on any atom is -1.00 e. The van der Waals surface area contributed by atoms with E-state index in [1.54, 1.807) is 0 Å². The minimum atomic E-state index is 0. The van der Waals surface area contributed by atoms with Crippen LogP contribution in [0, 0.1) is 0 Å². The molecule has 0 radical (unpaired) electrons. The number of halogens is 1. The number of rotatable bonds is 15. The fraction of sp³-hybridized carbons (Fsp3) is 0.727. The van der Waals surface area contributed by atoms with Crippen LogP contribution in [0.3, 0.4) is 0 Å². The van der Waals surface area contributed by atoms with Crippen molar-refractivity contribution in [3.8, 4) is 0 Å². The third-order valence-electron chi connectivity index (χ3n) is 4.67. The topological polar surface area (TPSA) is 9.23 Å². The maximum atomic E-state index is 5.90. The van der Waals surface area contributed by atoms with Gasteiger partial charge in [0.25, 0.3) is 0 Å². The number of hydrogen-bond donors (Lipinski definition) is 0. The van der Waals surface area contributed by atoms with Crippen molar-refractivity contribution >= 4 is 0 Å². The lowest BCUT2D eigenvalue weighted by Gasteiger charge is -2.29. The molecule has 0 amide bonds. The Kier molecular flexibility index (Phi) is 15.3. The van der Waals surface area contributed by atoms with Gasteiger partial charge in [-0.1, -0.05) is 88.6 Å². The normalized spacial score (nSPS) is 11.3. The van der Waals surface area contributed by atoms with Crippen molar-refractivity contribution in [1.82, 2.24) is 0 Å². The molecule has 25 heavy (non-hydrogen) atoms. The molecule has 1 rings (SSSR count). The van der Waals surface area contributed by atoms with Gasteiger partial charge in [0.05, 0.1) is 27.2 Å². The van der Waals surface area contributed by atoms with Crippen LogP contribution < -0.4 is 12.4 Å². The van der Waals surface area contributed by atoms with Crippen molar-refractivity contribution in [3.63, 3.8) is 0 Å². The molecule has 0 spiro atoms. The number of nitrogens with zero attached hydrogens (tertiary/aromatic N) is 1. The highest BCUT2D eigenvalue weighted by atomic mass is 35.5. The zero-order valence-corrected chi connectivity index (χ0v) is 17.6. The van der Waals surface area contributed by atoms with E-state index in [1.165, 1.54) is 76.3 Å². The van der Waals surface area contributed by atoms with Crippen molar-refractivity contribution in [2.75, 3.05) is 27.4 Å². The second-order valence-corrected chi connectivity index (χ2v) is 7.80. The molecule has 146 valence electrons. The molecular weight excluding hydrogens is 330 g/mol. The Balaban J connectivity index is 0.00000576. The van der Waals surface area contributed by atoms with Crippen molar-refractivity contribution in [1.29, 1.82) is 0 Å². The van der Waals surface area contributed by atoms with Crippen LogP contribution in [0.25, 0.3) is 0 Å². The van der Waals surface area contributed by atoms with Gasteiger partial charge in [-0.05, 0) is 18.4 Å². The monoisotopic (exact) mass is 369 g/mol. The molecule has 0 aliphatic heterocycles. The van der Waals surface area contributed by atoms with E-state index in [9.17, 15) is 0 Å². The molecule has 0 heterocycles. The Hall–Kier alpha value is -0.570. The molecule has 0 saturated carbocycles. The molecule has 0 unspecified atom stereocenters. The number of ether oxygens (including phenoxy) is 1. The molecule has 0 aliphatic rings.